The summed E-state index contributed by atoms with van der Waals surface area (Å²) in [5.41, 5.74) is 7.01. The van der Waals surface area contributed by atoms with Crippen LogP contribution in [0.15, 0.2) is 40.9 Å². The Balaban J connectivity index is 1.58. The molecule has 10 heteroatoms. The van der Waals surface area contributed by atoms with Gasteiger partial charge in [-0.3, -0.25) is 20.4 Å². The molecule has 2 N–H and O–H groups in total. The third-order valence-corrected chi connectivity index (χ3v) is 4.83. The van der Waals surface area contributed by atoms with Gasteiger partial charge in [-0.1, -0.05) is 35.0 Å². The van der Waals surface area contributed by atoms with Crippen LogP contribution in [0, 0.1) is 6.92 Å². The fraction of sp³-hybridized carbons (Fsp3) is 0.360. The maximum Gasteiger partial charge on any atom is 0.269 e. The average molecular weight is 483 g/mol. The van der Waals surface area contributed by atoms with Gasteiger partial charge < -0.3 is 18.7 Å². The molecule has 0 fully saturated rings. The van der Waals surface area contributed by atoms with E-state index in [2.05, 4.69) is 21.0 Å². The zero-order valence-corrected chi connectivity index (χ0v) is 20.3. The van der Waals surface area contributed by atoms with Gasteiger partial charge in [-0.05, 0) is 39.8 Å². The number of hydrogen-bond acceptors (Lipinski definition) is 8. The molecule has 1 heterocycles. The number of amides is 2. The maximum absolute atomic E-state index is 12.7. The van der Waals surface area contributed by atoms with E-state index in [-0.39, 0.29) is 18.4 Å². The Bertz CT molecular complexity index is 1120. The number of aromatic nitrogens is 2. The second-order valence-corrected chi connectivity index (χ2v) is 7.48. The zero-order chi connectivity index (χ0) is 25.2. The number of aryl methyl sites for hydroxylation is 2. The minimum atomic E-state index is -0.525. The number of rotatable bonds is 11. The van der Waals surface area contributed by atoms with E-state index in [1.54, 1.807) is 12.1 Å². The first-order valence-electron chi connectivity index (χ1n) is 11.5. The molecule has 0 unspecified atom stereocenters. The Morgan fingerprint density at radius 1 is 0.914 bits per heavy atom. The fourth-order valence-electron chi connectivity index (χ4n) is 3.18. The van der Waals surface area contributed by atoms with Gasteiger partial charge in [0.05, 0.1) is 19.8 Å². The Kier molecular flexibility index (Phi) is 9.05. The summed E-state index contributed by atoms with van der Waals surface area (Å²) in [6.45, 7) is 8.68. The normalized spacial score (nSPS) is 10.5. The van der Waals surface area contributed by atoms with E-state index in [4.69, 9.17) is 18.7 Å². The number of benzene rings is 2. The Hall–Kier alpha value is -4.08. The molecule has 3 aromatic rings. The summed E-state index contributed by atoms with van der Waals surface area (Å²) >= 11 is 0. The molecule has 0 atom stereocenters. The number of hydrogen-bond donors (Lipinski definition) is 2. The number of nitrogens with one attached hydrogen (secondary N) is 2. The van der Waals surface area contributed by atoms with Crippen LogP contribution in [-0.4, -0.2) is 41.8 Å². The lowest BCUT2D eigenvalue weighted by atomic mass is 10.1. The van der Waals surface area contributed by atoms with Crippen LogP contribution in [0.2, 0.25) is 0 Å². The van der Waals surface area contributed by atoms with Crippen molar-refractivity contribution in [1.29, 1.82) is 0 Å². The number of carbonyl (C=O) groups excluding carboxylic acids is 2. The van der Waals surface area contributed by atoms with Gasteiger partial charge in [0.15, 0.2) is 11.5 Å². The molecule has 0 saturated carbocycles. The average Bonchev–Trinajstić information content (AvgIpc) is 3.33. The topological polar surface area (TPSA) is 125 Å². The molecule has 35 heavy (non-hydrogen) atoms. The molecule has 0 saturated heterocycles. The number of ether oxygens (including phenoxy) is 3. The first-order valence-corrected chi connectivity index (χ1v) is 11.5. The van der Waals surface area contributed by atoms with Crippen LogP contribution >= 0.6 is 0 Å². The quantitative estimate of drug-likeness (QED) is 0.397. The van der Waals surface area contributed by atoms with Crippen molar-refractivity contribution in [3.05, 3.63) is 53.4 Å². The van der Waals surface area contributed by atoms with E-state index in [1.807, 2.05) is 52.0 Å². The predicted octanol–water partition coefficient (Wildman–Crippen LogP) is 3.63. The van der Waals surface area contributed by atoms with Crippen LogP contribution in [0.4, 0.5) is 0 Å². The first-order chi connectivity index (χ1) is 16.9. The molecule has 0 aliphatic carbocycles. The highest BCUT2D eigenvalue weighted by Crippen LogP contribution is 2.39. The summed E-state index contributed by atoms with van der Waals surface area (Å²) in [6.07, 6.45) is 0.278. The van der Waals surface area contributed by atoms with Gasteiger partial charge in [0.25, 0.3) is 5.91 Å². The van der Waals surface area contributed by atoms with Crippen molar-refractivity contribution in [2.24, 2.45) is 0 Å². The van der Waals surface area contributed by atoms with Crippen LogP contribution in [0.1, 0.15) is 49.0 Å². The maximum atomic E-state index is 12.7. The molecule has 3 rings (SSSR count). The second kappa shape index (κ2) is 12.4. The van der Waals surface area contributed by atoms with Gasteiger partial charge in [0.2, 0.25) is 23.4 Å². The SMILES string of the molecule is CCOc1cc(C(=O)NNC(=O)CCc2nc(-c3ccc(C)cc3)no2)cc(OCC)c1OCC. The van der Waals surface area contributed by atoms with Crippen molar-refractivity contribution < 1.29 is 28.3 Å². The first kappa shape index (κ1) is 25.5. The van der Waals surface area contributed by atoms with Crippen molar-refractivity contribution in [1.82, 2.24) is 21.0 Å². The highest BCUT2D eigenvalue weighted by Gasteiger charge is 2.19. The third-order valence-electron chi connectivity index (χ3n) is 4.83. The van der Waals surface area contributed by atoms with Crippen molar-refractivity contribution >= 4 is 11.8 Å². The molecule has 1 aromatic heterocycles. The van der Waals surface area contributed by atoms with Crippen molar-refractivity contribution in [2.45, 2.75) is 40.5 Å². The van der Waals surface area contributed by atoms with Crippen molar-refractivity contribution in [2.75, 3.05) is 19.8 Å². The largest absolute Gasteiger partial charge is 0.490 e. The lowest BCUT2D eigenvalue weighted by molar-refractivity contribution is -0.121. The van der Waals surface area contributed by atoms with Gasteiger partial charge in [-0.25, -0.2) is 0 Å². The summed E-state index contributed by atoms with van der Waals surface area (Å²) in [4.78, 5) is 29.2. The highest BCUT2D eigenvalue weighted by atomic mass is 16.5. The van der Waals surface area contributed by atoms with Gasteiger partial charge in [-0.2, -0.15) is 4.98 Å². The molecule has 2 aromatic carbocycles. The molecule has 0 aliphatic heterocycles. The molecular formula is C25H30N4O6. The van der Waals surface area contributed by atoms with Crippen LogP contribution < -0.4 is 25.1 Å². The minimum absolute atomic E-state index is 0.0491. The summed E-state index contributed by atoms with van der Waals surface area (Å²) in [5, 5.41) is 3.95. The summed E-state index contributed by atoms with van der Waals surface area (Å²) in [5.74, 6) is 1.06. The van der Waals surface area contributed by atoms with E-state index >= 15 is 0 Å². The van der Waals surface area contributed by atoms with E-state index in [9.17, 15) is 9.59 Å². The zero-order valence-electron chi connectivity index (χ0n) is 20.3. The van der Waals surface area contributed by atoms with Crippen molar-refractivity contribution in [3.63, 3.8) is 0 Å². The monoisotopic (exact) mass is 482 g/mol. The standard InChI is InChI=1S/C25H30N4O6/c1-5-32-19-14-18(15-20(33-6-2)23(19)34-7-3)25(31)28-27-21(30)12-13-22-26-24(29-35-22)17-10-8-16(4)9-11-17/h8-11,14-15H,5-7,12-13H2,1-4H3,(H,27,30)(H,28,31). The molecule has 2 amide bonds. The minimum Gasteiger partial charge on any atom is -0.490 e. The summed E-state index contributed by atoms with van der Waals surface area (Å²) in [6, 6.07) is 10.8. The molecule has 0 spiro atoms. The fourth-order valence-corrected chi connectivity index (χ4v) is 3.18. The smallest absolute Gasteiger partial charge is 0.269 e. The molecule has 10 nitrogen and oxygen atoms in total. The molecule has 186 valence electrons. The van der Waals surface area contributed by atoms with Gasteiger partial charge in [0, 0.05) is 24.0 Å². The molecular weight excluding hydrogens is 452 g/mol. The lowest BCUT2D eigenvalue weighted by Crippen LogP contribution is -2.41. The number of carbonyl (C=O) groups is 2. The third kappa shape index (κ3) is 6.95. The van der Waals surface area contributed by atoms with Gasteiger partial charge >= 0.3 is 0 Å². The lowest BCUT2D eigenvalue weighted by Gasteiger charge is -2.17. The highest BCUT2D eigenvalue weighted by molar-refractivity contribution is 5.96. The van der Waals surface area contributed by atoms with Crippen molar-refractivity contribution in [3.8, 4) is 28.6 Å². The van der Waals surface area contributed by atoms with Gasteiger partial charge in [0.1, 0.15) is 0 Å². The Morgan fingerprint density at radius 2 is 1.54 bits per heavy atom. The summed E-state index contributed by atoms with van der Waals surface area (Å²) < 4.78 is 22.1. The second-order valence-electron chi connectivity index (χ2n) is 7.48. The van der Waals surface area contributed by atoms with E-state index < -0.39 is 11.8 Å². The van der Waals surface area contributed by atoms with Crippen LogP contribution in [0.5, 0.6) is 17.2 Å². The molecule has 0 radical (unpaired) electrons. The molecule has 0 bridgehead atoms. The van der Waals surface area contributed by atoms with Crippen LogP contribution in [-0.2, 0) is 11.2 Å². The number of hydrazine groups is 1. The Morgan fingerprint density at radius 3 is 2.14 bits per heavy atom. The molecule has 0 aliphatic rings. The van der Waals surface area contributed by atoms with E-state index in [0.29, 0.717) is 48.8 Å². The predicted molar refractivity (Wildman–Crippen MR) is 128 cm³/mol. The Labute approximate surface area is 203 Å². The van der Waals surface area contributed by atoms with E-state index in [0.717, 1.165) is 11.1 Å². The van der Waals surface area contributed by atoms with Gasteiger partial charge in [-0.15, -0.1) is 0 Å². The van der Waals surface area contributed by atoms with E-state index in [1.165, 1.54) is 0 Å². The van der Waals surface area contributed by atoms with Crippen LogP contribution in [0.25, 0.3) is 11.4 Å². The van der Waals surface area contributed by atoms with Crippen LogP contribution in [0.3, 0.4) is 0 Å². The summed E-state index contributed by atoms with van der Waals surface area (Å²) in [7, 11) is 0. The number of nitrogens with zero attached hydrogens (tertiary/aromatic N) is 2.